The molecule has 2 N–H and O–H groups in total. The Morgan fingerprint density at radius 3 is 2.82 bits per heavy atom. The van der Waals surface area contributed by atoms with Gasteiger partial charge in [0.05, 0.1) is 5.56 Å². The van der Waals surface area contributed by atoms with Crippen LogP contribution >= 0.6 is 11.3 Å². The molecule has 0 saturated carbocycles. The summed E-state index contributed by atoms with van der Waals surface area (Å²) >= 11 is 1.60. The highest BCUT2D eigenvalue weighted by Gasteiger charge is 2.10. The van der Waals surface area contributed by atoms with Gasteiger partial charge in [0.15, 0.2) is 0 Å². The number of halogens is 1. The Kier molecular flexibility index (Phi) is 3.39. The van der Waals surface area contributed by atoms with E-state index >= 15 is 0 Å². The molecule has 2 rings (SSSR count). The van der Waals surface area contributed by atoms with E-state index in [0.29, 0.717) is 12.2 Å². The minimum Gasteiger partial charge on any atom is -0.478 e. The van der Waals surface area contributed by atoms with E-state index in [9.17, 15) is 9.18 Å². The van der Waals surface area contributed by atoms with Crippen LogP contribution in [0.4, 0.5) is 10.1 Å². The monoisotopic (exact) mass is 251 g/mol. The van der Waals surface area contributed by atoms with Crippen molar-refractivity contribution in [1.29, 1.82) is 0 Å². The summed E-state index contributed by atoms with van der Waals surface area (Å²) in [6, 6.07) is 7.92. The van der Waals surface area contributed by atoms with Crippen molar-refractivity contribution in [3.8, 4) is 0 Å². The first-order chi connectivity index (χ1) is 8.16. The normalized spacial score (nSPS) is 10.2. The molecule has 1 aromatic carbocycles. The van der Waals surface area contributed by atoms with Gasteiger partial charge in [0.1, 0.15) is 5.82 Å². The molecule has 0 fully saturated rings. The van der Waals surface area contributed by atoms with E-state index in [-0.39, 0.29) is 5.56 Å². The van der Waals surface area contributed by atoms with Gasteiger partial charge in [-0.25, -0.2) is 9.18 Å². The third-order valence-electron chi connectivity index (χ3n) is 2.25. The molecule has 0 atom stereocenters. The number of thiophene rings is 1. The molecule has 0 saturated heterocycles. The fourth-order valence-electron chi connectivity index (χ4n) is 1.40. The number of aromatic carboxylic acids is 1. The van der Waals surface area contributed by atoms with Crippen molar-refractivity contribution in [2.75, 3.05) is 5.32 Å². The molecule has 88 valence electrons. The maximum atomic E-state index is 13.3. The first-order valence-corrected chi connectivity index (χ1v) is 5.84. The quantitative estimate of drug-likeness (QED) is 0.877. The van der Waals surface area contributed by atoms with Crippen molar-refractivity contribution in [2.45, 2.75) is 6.54 Å². The second-order valence-electron chi connectivity index (χ2n) is 3.43. The highest BCUT2D eigenvalue weighted by Crippen LogP contribution is 2.16. The van der Waals surface area contributed by atoms with Crippen LogP contribution < -0.4 is 5.32 Å². The molecule has 0 aliphatic rings. The molecule has 0 unspecified atom stereocenters. The van der Waals surface area contributed by atoms with Gasteiger partial charge in [-0.2, -0.15) is 0 Å². The van der Waals surface area contributed by atoms with E-state index in [2.05, 4.69) is 5.32 Å². The summed E-state index contributed by atoms with van der Waals surface area (Å²) in [7, 11) is 0. The van der Waals surface area contributed by atoms with Crippen molar-refractivity contribution in [1.82, 2.24) is 0 Å². The van der Waals surface area contributed by atoms with Gasteiger partial charge >= 0.3 is 5.97 Å². The minimum absolute atomic E-state index is 0.313. The van der Waals surface area contributed by atoms with Crippen LogP contribution in [0.2, 0.25) is 0 Å². The van der Waals surface area contributed by atoms with Gasteiger partial charge in [0.25, 0.3) is 0 Å². The second-order valence-corrected chi connectivity index (χ2v) is 4.46. The first-order valence-electron chi connectivity index (χ1n) is 4.96. The molecular formula is C12H10FNO2S. The lowest BCUT2D eigenvalue weighted by Crippen LogP contribution is -2.03. The second kappa shape index (κ2) is 4.97. The molecule has 3 nitrogen and oxygen atoms in total. The summed E-state index contributed by atoms with van der Waals surface area (Å²) in [5, 5.41) is 13.7. The molecule has 1 aromatic heterocycles. The average Bonchev–Trinajstić information content (AvgIpc) is 2.78. The first kappa shape index (κ1) is 11.6. The molecule has 0 bridgehead atoms. The Morgan fingerprint density at radius 2 is 2.24 bits per heavy atom. The van der Waals surface area contributed by atoms with Crippen LogP contribution in [-0.4, -0.2) is 11.1 Å². The summed E-state index contributed by atoms with van der Waals surface area (Å²) in [6.07, 6.45) is 0. The largest absolute Gasteiger partial charge is 0.478 e. The van der Waals surface area contributed by atoms with E-state index < -0.39 is 11.8 Å². The number of hydrogen-bond donors (Lipinski definition) is 2. The van der Waals surface area contributed by atoms with E-state index in [4.69, 9.17) is 5.11 Å². The summed E-state index contributed by atoms with van der Waals surface area (Å²) in [6.45, 7) is 0.601. The summed E-state index contributed by atoms with van der Waals surface area (Å²) < 4.78 is 13.3. The van der Waals surface area contributed by atoms with E-state index in [1.807, 2.05) is 17.5 Å². The third-order valence-corrected chi connectivity index (χ3v) is 3.12. The Labute approximate surface area is 102 Å². The number of carbonyl (C=O) groups is 1. The topological polar surface area (TPSA) is 49.3 Å². The fraction of sp³-hybridized carbons (Fsp3) is 0.0833. The zero-order valence-corrected chi connectivity index (χ0v) is 9.63. The molecule has 0 amide bonds. The van der Waals surface area contributed by atoms with Crippen molar-refractivity contribution in [3.05, 3.63) is 52.0 Å². The fourth-order valence-corrected chi connectivity index (χ4v) is 2.05. The molecule has 17 heavy (non-hydrogen) atoms. The van der Waals surface area contributed by atoms with Crippen molar-refractivity contribution in [2.24, 2.45) is 0 Å². The summed E-state index contributed by atoms with van der Waals surface area (Å²) in [5.41, 5.74) is 0.257. The number of benzene rings is 1. The molecule has 0 radical (unpaired) electrons. The highest BCUT2D eigenvalue weighted by atomic mass is 32.1. The van der Waals surface area contributed by atoms with Gasteiger partial charge in [-0.1, -0.05) is 6.07 Å². The molecule has 0 aliphatic heterocycles. The third kappa shape index (κ3) is 2.82. The Hall–Kier alpha value is -1.88. The van der Waals surface area contributed by atoms with Crippen molar-refractivity contribution >= 4 is 23.0 Å². The van der Waals surface area contributed by atoms with Gasteiger partial charge in [-0.05, 0) is 29.6 Å². The smallest absolute Gasteiger partial charge is 0.338 e. The van der Waals surface area contributed by atoms with Crippen LogP contribution in [-0.2, 0) is 6.54 Å². The van der Waals surface area contributed by atoms with Crippen LogP contribution in [0.25, 0.3) is 0 Å². The van der Waals surface area contributed by atoms with Crippen LogP contribution in [0.15, 0.2) is 35.7 Å². The lowest BCUT2D eigenvalue weighted by Gasteiger charge is -2.06. The molecule has 5 heteroatoms. The predicted octanol–water partition coefficient (Wildman–Crippen LogP) is 3.20. The number of rotatable bonds is 4. The maximum absolute atomic E-state index is 13.3. The van der Waals surface area contributed by atoms with Gasteiger partial charge in [-0.3, -0.25) is 0 Å². The SMILES string of the molecule is O=C(O)c1ccc(NCc2cccs2)cc1F. The number of carboxylic acid groups (broad SMARTS) is 1. The average molecular weight is 251 g/mol. The Morgan fingerprint density at radius 1 is 1.41 bits per heavy atom. The highest BCUT2D eigenvalue weighted by molar-refractivity contribution is 7.09. The van der Waals surface area contributed by atoms with Crippen LogP contribution in [0.1, 0.15) is 15.2 Å². The Balaban J connectivity index is 2.07. The number of nitrogens with one attached hydrogen (secondary N) is 1. The lowest BCUT2D eigenvalue weighted by atomic mass is 10.2. The van der Waals surface area contributed by atoms with Gasteiger partial charge < -0.3 is 10.4 Å². The summed E-state index contributed by atoms with van der Waals surface area (Å²) in [5.74, 6) is -1.99. The zero-order valence-electron chi connectivity index (χ0n) is 8.81. The lowest BCUT2D eigenvalue weighted by molar-refractivity contribution is 0.0692. The minimum atomic E-state index is -1.26. The van der Waals surface area contributed by atoms with Crippen LogP contribution in [0, 0.1) is 5.82 Å². The Bertz CT molecular complexity index is 525. The standard InChI is InChI=1S/C12H10FNO2S/c13-11-6-8(3-4-10(11)12(15)16)14-7-9-2-1-5-17-9/h1-6,14H,7H2,(H,15,16). The van der Waals surface area contributed by atoms with Gasteiger partial charge in [0, 0.05) is 17.1 Å². The van der Waals surface area contributed by atoms with Crippen LogP contribution in [0.5, 0.6) is 0 Å². The molecule has 1 heterocycles. The number of hydrogen-bond acceptors (Lipinski definition) is 3. The van der Waals surface area contributed by atoms with E-state index in [1.165, 1.54) is 12.1 Å². The van der Waals surface area contributed by atoms with Crippen LogP contribution in [0.3, 0.4) is 0 Å². The predicted molar refractivity (Wildman–Crippen MR) is 65.0 cm³/mol. The maximum Gasteiger partial charge on any atom is 0.338 e. The van der Waals surface area contributed by atoms with Crippen molar-refractivity contribution in [3.63, 3.8) is 0 Å². The molecule has 0 spiro atoms. The van der Waals surface area contributed by atoms with Gasteiger partial charge in [0.2, 0.25) is 0 Å². The van der Waals surface area contributed by atoms with E-state index in [1.54, 1.807) is 17.4 Å². The molecule has 0 aliphatic carbocycles. The van der Waals surface area contributed by atoms with Crippen molar-refractivity contribution < 1.29 is 14.3 Å². The zero-order chi connectivity index (χ0) is 12.3. The summed E-state index contributed by atoms with van der Waals surface area (Å²) in [4.78, 5) is 11.8. The van der Waals surface area contributed by atoms with Gasteiger partial charge in [-0.15, -0.1) is 11.3 Å². The number of carboxylic acids is 1. The molecule has 2 aromatic rings. The number of anilines is 1. The molecular weight excluding hydrogens is 241 g/mol. The van der Waals surface area contributed by atoms with E-state index in [0.717, 1.165) is 4.88 Å².